The van der Waals surface area contributed by atoms with E-state index in [1.165, 1.54) is 17.3 Å². The van der Waals surface area contributed by atoms with Crippen LogP contribution in [0.4, 0.5) is 4.39 Å². The Morgan fingerprint density at radius 2 is 1.56 bits per heavy atom. The van der Waals surface area contributed by atoms with Gasteiger partial charge in [-0.15, -0.1) is 0 Å². The second-order valence-corrected chi connectivity index (χ2v) is 5.34. The van der Waals surface area contributed by atoms with Gasteiger partial charge in [-0.1, -0.05) is 59.4 Å². The van der Waals surface area contributed by atoms with E-state index in [0.717, 1.165) is 5.56 Å². The summed E-state index contributed by atoms with van der Waals surface area (Å²) in [4.78, 5) is 0. The molecule has 16 heavy (non-hydrogen) atoms. The van der Waals surface area contributed by atoms with Gasteiger partial charge in [0.2, 0.25) is 0 Å². The van der Waals surface area contributed by atoms with Gasteiger partial charge in [0.15, 0.2) is 0 Å². The Morgan fingerprint density at radius 3 is 2.25 bits per heavy atom. The minimum Gasteiger partial charge on any atom is -0.207 e. The normalized spacial score (nSPS) is 11.6. The molecular formula is C14H13FSi. The molecule has 0 spiro atoms. The van der Waals surface area contributed by atoms with Gasteiger partial charge in [-0.2, -0.15) is 0 Å². The van der Waals surface area contributed by atoms with Crippen LogP contribution >= 0.6 is 0 Å². The molecule has 0 aromatic heterocycles. The van der Waals surface area contributed by atoms with Crippen LogP contribution < -0.4 is 5.19 Å². The molecule has 0 bridgehead atoms. The van der Waals surface area contributed by atoms with Gasteiger partial charge in [0.25, 0.3) is 0 Å². The molecule has 2 rings (SSSR count). The van der Waals surface area contributed by atoms with Crippen LogP contribution in [0.1, 0.15) is 5.56 Å². The van der Waals surface area contributed by atoms with E-state index in [-0.39, 0.29) is 15.3 Å². The SMILES string of the molecule is Fc1ccc(/C=C/[SiH2]c2ccccc2)cc1. The maximum absolute atomic E-state index is 12.7. The van der Waals surface area contributed by atoms with Crippen LogP contribution in [0, 0.1) is 5.82 Å². The first-order valence-electron chi connectivity index (χ1n) is 5.30. The molecule has 0 unspecified atom stereocenters. The second kappa shape index (κ2) is 5.42. The zero-order valence-corrected chi connectivity index (χ0v) is 10.4. The van der Waals surface area contributed by atoms with Crippen molar-refractivity contribution in [2.75, 3.05) is 0 Å². The third-order valence-corrected chi connectivity index (χ3v) is 3.79. The van der Waals surface area contributed by atoms with Crippen LogP contribution in [0.25, 0.3) is 6.08 Å². The fourth-order valence-electron chi connectivity index (χ4n) is 1.52. The summed E-state index contributed by atoms with van der Waals surface area (Å²) in [7, 11) is -0.339. The van der Waals surface area contributed by atoms with Crippen molar-refractivity contribution >= 4 is 20.8 Å². The summed E-state index contributed by atoms with van der Waals surface area (Å²) in [5, 5.41) is 1.42. The zero-order chi connectivity index (χ0) is 11.2. The smallest absolute Gasteiger partial charge is 0.123 e. The summed E-state index contributed by atoms with van der Waals surface area (Å²) in [6.07, 6.45) is 2.07. The monoisotopic (exact) mass is 228 g/mol. The Bertz CT molecular complexity index is 460. The van der Waals surface area contributed by atoms with Crippen molar-refractivity contribution in [1.29, 1.82) is 0 Å². The van der Waals surface area contributed by atoms with Crippen LogP contribution in [-0.2, 0) is 0 Å². The lowest BCUT2D eigenvalue weighted by atomic mass is 10.2. The molecular weight excluding hydrogens is 215 g/mol. The number of halogens is 1. The van der Waals surface area contributed by atoms with Crippen molar-refractivity contribution < 1.29 is 4.39 Å². The van der Waals surface area contributed by atoms with Crippen molar-refractivity contribution in [2.45, 2.75) is 0 Å². The van der Waals surface area contributed by atoms with Crippen molar-refractivity contribution in [3.63, 3.8) is 0 Å². The highest BCUT2D eigenvalue weighted by Crippen LogP contribution is 2.03. The van der Waals surface area contributed by atoms with Crippen LogP contribution in [0.15, 0.2) is 60.3 Å². The third kappa shape index (κ3) is 3.17. The van der Waals surface area contributed by atoms with E-state index in [1.54, 1.807) is 12.1 Å². The summed E-state index contributed by atoms with van der Waals surface area (Å²) in [5.41, 5.74) is 3.28. The minimum atomic E-state index is -0.339. The van der Waals surface area contributed by atoms with Gasteiger partial charge in [-0.25, -0.2) is 4.39 Å². The Hall–Kier alpha value is -1.67. The molecule has 0 nitrogen and oxygen atoms in total. The molecule has 0 saturated heterocycles. The van der Waals surface area contributed by atoms with Gasteiger partial charge in [-0.3, -0.25) is 0 Å². The molecule has 0 aliphatic heterocycles. The lowest BCUT2D eigenvalue weighted by molar-refractivity contribution is 0.628. The van der Waals surface area contributed by atoms with Gasteiger partial charge >= 0.3 is 0 Å². The number of hydrogen-bond acceptors (Lipinski definition) is 0. The molecule has 0 aliphatic carbocycles. The highest BCUT2D eigenvalue weighted by atomic mass is 28.2. The predicted molar refractivity (Wildman–Crippen MR) is 70.1 cm³/mol. The van der Waals surface area contributed by atoms with E-state index >= 15 is 0 Å². The van der Waals surface area contributed by atoms with Crippen molar-refractivity contribution in [3.8, 4) is 0 Å². The maximum Gasteiger partial charge on any atom is 0.123 e. The van der Waals surface area contributed by atoms with E-state index in [9.17, 15) is 4.39 Å². The molecule has 0 fully saturated rings. The number of benzene rings is 2. The fourth-order valence-corrected chi connectivity index (χ4v) is 2.73. The lowest BCUT2D eigenvalue weighted by Gasteiger charge is -1.94. The summed E-state index contributed by atoms with van der Waals surface area (Å²) >= 11 is 0. The molecule has 2 heteroatoms. The molecule has 0 radical (unpaired) electrons. The largest absolute Gasteiger partial charge is 0.207 e. The Labute approximate surface area is 97.3 Å². The highest BCUT2D eigenvalue weighted by Gasteiger charge is 1.90. The maximum atomic E-state index is 12.7. The summed E-state index contributed by atoms with van der Waals surface area (Å²) < 4.78 is 12.7. The van der Waals surface area contributed by atoms with Crippen molar-refractivity contribution in [3.05, 3.63) is 71.7 Å². The van der Waals surface area contributed by atoms with E-state index < -0.39 is 0 Å². The average Bonchev–Trinajstić information content (AvgIpc) is 2.33. The lowest BCUT2D eigenvalue weighted by Crippen LogP contribution is -2.09. The topological polar surface area (TPSA) is 0 Å². The van der Waals surface area contributed by atoms with E-state index in [2.05, 4.69) is 36.0 Å². The van der Waals surface area contributed by atoms with Crippen LogP contribution in [0.3, 0.4) is 0 Å². The van der Waals surface area contributed by atoms with E-state index in [0.29, 0.717) is 0 Å². The number of hydrogen-bond donors (Lipinski definition) is 0. The Balaban J connectivity index is 1.98. The Kier molecular flexibility index (Phi) is 3.67. The molecule has 0 aliphatic rings. The van der Waals surface area contributed by atoms with Gasteiger partial charge in [0.05, 0.1) is 9.52 Å². The average molecular weight is 228 g/mol. The standard InChI is InChI=1S/C14H13FSi/c15-13-8-6-12(7-9-13)10-11-16-14-4-2-1-3-5-14/h1-11H,16H2/b11-10+. The third-order valence-electron chi connectivity index (χ3n) is 2.38. The molecule has 0 atom stereocenters. The van der Waals surface area contributed by atoms with Gasteiger partial charge in [0, 0.05) is 0 Å². The van der Waals surface area contributed by atoms with Gasteiger partial charge in [0.1, 0.15) is 5.82 Å². The summed E-state index contributed by atoms with van der Waals surface area (Å²) in [6, 6.07) is 17.0. The van der Waals surface area contributed by atoms with Gasteiger partial charge < -0.3 is 0 Å². The molecule has 80 valence electrons. The van der Waals surface area contributed by atoms with Crippen molar-refractivity contribution in [1.82, 2.24) is 0 Å². The quantitative estimate of drug-likeness (QED) is 0.707. The molecule has 2 aromatic rings. The second-order valence-electron chi connectivity index (χ2n) is 3.64. The molecule has 0 N–H and O–H groups in total. The first-order valence-corrected chi connectivity index (χ1v) is 6.83. The first-order chi connectivity index (χ1) is 7.84. The fraction of sp³-hybridized carbons (Fsp3) is 0. The molecule has 0 heterocycles. The molecule has 0 amide bonds. The minimum absolute atomic E-state index is 0.183. The van der Waals surface area contributed by atoms with Crippen LogP contribution in [-0.4, -0.2) is 9.52 Å². The van der Waals surface area contributed by atoms with Crippen LogP contribution in [0.5, 0.6) is 0 Å². The Morgan fingerprint density at radius 1 is 0.875 bits per heavy atom. The summed E-state index contributed by atoms with van der Waals surface area (Å²) in [6.45, 7) is 0. The van der Waals surface area contributed by atoms with Crippen molar-refractivity contribution in [2.24, 2.45) is 0 Å². The predicted octanol–water partition coefficient (Wildman–Crippen LogP) is 2.29. The van der Waals surface area contributed by atoms with E-state index in [4.69, 9.17) is 0 Å². The first kappa shape index (κ1) is 10.8. The highest BCUT2D eigenvalue weighted by molar-refractivity contribution is 6.59. The van der Waals surface area contributed by atoms with E-state index in [1.807, 2.05) is 6.07 Å². The summed E-state index contributed by atoms with van der Waals surface area (Å²) in [5.74, 6) is -0.183. The molecule has 2 aromatic carbocycles. The van der Waals surface area contributed by atoms with Gasteiger partial charge in [-0.05, 0) is 17.7 Å². The molecule has 0 saturated carbocycles. The van der Waals surface area contributed by atoms with Crippen LogP contribution in [0.2, 0.25) is 0 Å². The zero-order valence-electron chi connectivity index (χ0n) is 8.94. The number of rotatable bonds is 3.